The zero-order chi connectivity index (χ0) is 13.2. The van der Waals surface area contributed by atoms with E-state index >= 15 is 0 Å². The lowest BCUT2D eigenvalue weighted by atomic mass is 10.1. The lowest BCUT2D eigenvalue weighted by Crippen LogP contribution is -2.28. The number of nitrogens with zero attached hydrogens (tertiary/aromatic N) is 1. The number of anilines is 1. The lowest BCUT2D eigenvalue weighted by Gasteiger charge is -2.27. The molecule has 0 N–H and O–H groups in total. The largest absolute Gasteiger partial charge is 0.369 e. The maximum atomic E-state index is 6.36. The SMILES string of the molecule is CC1(C)CCN(c2c(Cl)cccc2CCl)CCS1. The van der Waals surface area contributed by atoms with Crippen molar-refractivity contribution in [2.45, 2.75) is 30.9 Å². The van der Waals surface area contributed by atoms with Crippen LogP contribution in [0.25, 0.3) is 0 Å². The molecule has 0 atom stereocenters. The van der Waals surface area contributed by atoms with Gasteiger partial charge in [-0.05, 0) is 18.1 Å². The summed E-state index contributed by atoms with van der Waals surface area (Å²) in [5.41, 5.74) is 2.27. The van der Waals surface area contributed by atoms with Crippen molar-refractivity contribution in [1.29, 1.82) is 0 Å². The molecule has 0 aromatic heterocycles. The molecule has 0 radical (unpaired) electrons. The quantitative estimate of drug-likeness (QED) is 0.722. The number of alkyl halides is 1. The number of hydrogen-bond acceptors (Lipinski definition) is 2. The van der Waals surface area contributed by atoms with E-state index in [1.54, 1.807) is 0 Å². The third-order valence-corrected chi connectivity index (χ3v) is 5.33. The van der Waals surface area contributed by atoms with Gasteiger partial charge in [-0.15, -0.1) is 11.6 Å². The minimum Gasteiger partial charge on any atom is -0.369 e. The van der Waals surface area contributed by atoms with Crippen LogP contribution >= 0.6 is 35.0 Å². The molecule has 18 heavy (non-hydrogen) atoms. The summed E-state index contributed by atoms with van der Waals surface area (Å²) in [5.74, 6) is 1.66. The van der Waals surface area contributed by atoms with Gasteiger partial charge < -0.3 is 4.90 Å². The molecule has 1 saturated heterocycles. The first-order valence-electron chi connectivity index (χ1n) is 6.26. The highest BCUT2D eigenvalue weighted by molar-refractivity contribution is 8.00. The predicted octanol–water partition coefficient (Wildman–Crippen LogP) is 4.80. The number of hydrogen-bond donors (Lipinski definition) is 0. The van der Waals surface area contributed by atoms with Gasteiger partial charge in [0.25, 0.3) is 0 Å². The number of rotatable bonds is 2. The zero-order valence-electron chi connectivity index (χ0n) is 10.9. The molecule has 4 heteroatoms. The van der Waals surface area contributed by atoms with E-state index in [0.717, 1.165) is 35.1 Å². The Morgan fingerprint density at radius 3 is 2.83 bits per heavy atom. The molecule has 0 aliphatic carbocycles. The van der Waals surface area contributed by atoms with Gasteiger partial charge in [0, 0.05) is 29.5 Å². The van der Waals surface area contributed by atoms with E-state index in [2.05, 4.69) is 24.8 Å². The average Bonchev–Trinajstić information content (AvgIpc) is 2.50. The molecular weight excluding hydrogens is 285 g/mol. The lowest BCUT2D eigenvalue weighted by molar-refractivity contribution is 0.637. The summed E-state index contributed by atoms with van der Waals surface area (Å²) in [5, 5.41) is 0.817. The smallest absolute Gasteiger partial charge is 0.0642 e. The fourth-order valence-electron chi connectivity index (χ4n) is 2.27. The van der Waals surface area contributed by atoms with Crippen molar-refractivity contribution in [3.05, 3.63) is 28.8 Å². The highest BCUT2D eigenvalue weighted by Gasteiger charge is 2.25. The van der Waals surface area contributed by atoms with Crippen molar-refractivity contribution in [2.75, 3.05) is 23.7 Å². The minimum atomic E-state index is 0.358. The Hall–Kier alpha value is -0.0500. The van der Waals surface area contributed by atoms with Crippen LogP contribution in [-0.2, 0) is 5.88 Å². The van der Waals surface area contributed by atoms with Crippen LogP contribution in [0.2, 0.25) is 5.02 Å². The van der Waals surface area contributed by atoms with Gasteiger partial charge in [-0.1, -0.05) is 37.6 Å². The number of para-hydroxylation sites is 1. The molecule has 1 fully saturated rings. The summed E-state index contributed by atoms with van der Waals surface area (Å²) in [4.78, 5) is 2.39. The molecule has 100 valence electrons. The second-order valence-electron chi connectivity index (χ2n) is 5.23. The van der Waals surface area contributed by atoms with Crippen LogP contribution in [0.5, 0.6) is 0 Å². The highest BCUT2D eigenvalue weighted by atomic mass is 35.5. The molecule has 0 amide bonds. The molecule has 0 spiro atoms. The number of halogens is 2. The normalized spacial score (nSPS) is 19.7. The van der Waals surface area contributed by atoms with Crippen molar-refractivity contribution >= 4 is 40.7 Å². The summed E-state index contributed by atoms with van der Waals surface area (Å²) in [6.07, 6.45) is 1.17. The van der Waals surface area contributed by atoms with Crippen LogP contribution in [0.3, 0.4) is 0 Å². The van der Waals surface area contributed by atoms with Crippen molar-refractivity contribution in [2.24, 2.45) is 0 Å². The van der Waals surface area contributed by atoms with E-state index in [9.17, 15) is 0 Å². The predicted molar refractivity (Wildman–Crippen MR) is 84.4 cm³/mol. The summed E-state index contributed by atoms with van der Waals surface area (Å²) >= 11 is 14.4. The van der Waals surface area contributed by atoms with Crippen LogP contribution in [-0.4, -0.2) is 23.6 Å². The fourth-order valence-corrected chi connectivity index (χ4v) is 3.90. The van der Waals surface area contributed by atoms with Crippen LogP contribution in [0.15, 0.2) is 18.2 Å². The minimum absolute atomic E-state index is 0.358. The van der Waals surface area contributed by atoms with Crippen LogP contribution in [0.1, 0.15) is 25.8 Å². The molecule has 0 saturated carbocycles. The third kappa shape index (κ3) is 3.28. The van der Waals surface area contributed by atoms with Crippen molar-refractivity contribution in [3.63, 3.8) is 0 Å². The molecule has 0 bridgehead atoms. The van der Waals surface area contributed by atoms with Gasteiger partial charge in [-0.3, -0.25) is 0 Å². The van der Waals surface area contributed by atoms with E-state index in [4.69, 9.17) is 23.2 Å². The first-order valence-corrected chi connectivity index (χ1v) is 8.15. The molecule has 1 aromatic rings. The molecular formula is C14H19Cl2NS. The fraction of sp³-hybridized carbons (Fsp3) is 0.571. The average molecular weight is 304 g/mol. The summed E-state index contributed by atoms with van der Waals surface area (Å²) in [6.45, 7) is 6.72. The summed E-state index contributed by atoms with van der Waals surface area (Å²) in [6, 6.07) is 5.99. The van der Waals surface area contributed by atoms with E-state index in [0.29, 0.717) is 10.6 Å². The van der Waals surface area contributed by atoms with Gasteiger partial charge >= 0.3 is 0 Å². The Balaban J connectivity index is 2.26. The Kier molecular flexibility index (Phi) is 4.74. The first kappa shape index (κ1) is 14.4. The van der Waals surface area contributed by atoms with E-state index in [1.807, 2.05) is 23.9 Å². The van der Waals surface area contributed by atoms with Crippen LogP contribution in [0, 0.1) is 0 Å². The monoisotopic (exact) mass is 303 g/mol. The molecule has 1 nitrogen and oxygen atoms in total. The third-order valence-electron chi connectivity index (χ3n) is 3.37. The number of thioether (sulfide) groups is 1. The van der Waals surface area contributed by atoms with Gasteiger partial charge in [-0.25, -0.2) is 0 Å². The second-order valence-corrected chi connectivity index (χ2v) is 7.70. The maximum Gasteiger partial charge on any atom is 0.0642 e. The van der Waals surface area contributed by atoms with Gasteiger partial charge in [-0.2, -0.15) is 11.8 Å². The van der Waals surface area contributed by atoms with Crippen molar-refractivity contribution in [1.82, 2.24) is 0 Å². The Labute approximate surface area is 124 Å². The van der Waals surface area contributed by atoms with E-state index in [-0.39, 0.29) is 0 Å². The highest BCUT2D eigenvalue weighted by Crippen LogP contribution is 2.36. The Morgan fingerprint density at radius 1 is 1.33 bits per heavy atom. The standard InChI is InChI=1S/C14H19Cl2NS/c1-14(2)6-7-17(8-9-18-14)13-11(10-15)4-3-5-12(13)16/h3-5H,6-10H2,1-2H3. The number of benzene rings is 1. The van der Waals surface area contributed by atoms with Crippen LogP contribution in [0.4, 0.5) is 5.69 Å². The summed E-state index contributed by atoms with van der Waals surface area (Å²) in [7, 11) is 0. The Bertz CT molecular complexity index is 420. The van der Waals surface area contributed by atoms with Gasteiger partial charge in [0.1, 0.15) is 0 Å². The van der Waals surface area contributed by atoms with Gasteiger partial charge in [0.05, 0.1) is 10.7 Å². The van der Waals surface area contributed by atoms with Crippen molar-refractivity contribution in [3.8, 4) is 0 Å². The Morgan fingerprint density at radius 2 is 2.11 bits per heavy atom. The molecule has 0 unspecified atom stereocenters. The maximum absolute atomic E-state index is 6.36. The van der Waals surface area contributed by atoms with Crippen LogP contribution < -0.4 is 4.90 Å². The zero-order valence-corrected chi connectivity index (χ0v) is 13.2. The van der Waals surface area contributed by atoms with Gasteiger partial charge in [0.2, 0.25) is 0 Å². The van der Waals surface area contributed by atoms with E-state index < -0.39 is 0 Å². The first-order chi connectivity index (χ1) is 8.53. The van der Waals surface area contributed by atoms with Crippen molar-refractivity contribution < 1.29 is 0 Å². The molecule has 1 aliphatic heterocycles. The van der Waals surface area contributed by atoms with Gasteiger partial charge in [0.15, 0.2) is 0 Å². The molecule has 1 heterocycles. The molecule has 1 aromatic carbocycles. The second kappa shape index (κ2) is 5.94. The molecule has 2 rings (SSSR count). The molecule has 1 aliphatic rings. The topological polar surface area (TPSA) is 3.24 Å². The van der Waals surface area contributed by atoms with E-state index in [1.165, 1.54) is 6.42 Å². The summed E-state index contributed by atoms with van der Waals surface area (Å²) < 4.78 is 0.358.